The van der Waals surface area contributed by atoms with E-state index in [2.05, 4.69) is 4.99 Å². The topological polar surface area (TPSA) is 78.8 Å². The number of aliphatic imine (C=N–C) groups is 1. The fraction of sp³-hybridized carbons (Fsp3) is 0.750. The SMILES string of the molecule is CN=CCC(N)B(O)O. The van der Waals surface area contributed by atoms with Crippen molar-refractivity contribution in [3.8, 4) is 0 Å². The summed E-state index contributed by atoms with van der Waals surface area (Å²) in [6.07, 6.45) is 1.94. The van der Waals surface area contributed by atoms with E-state index in [1.54, 1.807) is 13.3 Å². The van der Waals surface area contributed by atoms with Crippen LogP contribution < -0.4 is 5.73 Å². The lowest BCUT2D eigenvalue weighted by molar-refractivity contribution is 0.389. The zero-order valence-corrected chi connectivity index (χ0v) is 5.36. The van der Waals surface area contributed by atoms with Gasteiger partial charge < -0.3 is 20.8 Å². The van der Waals surface area contributed by atoms with Gasteiger partial charge in [0, 0.05) is 13.0 Å². The van der Waals surface area contributed by atoms with Gasteiger partial charge in [-0.25, -0.2) is 0 Å². The van der Waals surface area contributed by atoms with Crippen molar-refractivity contribution in [2.45, 2.75) is 12.4 Å². The first kappa shape index (κ1) is 8.61. The van der Waals surface area contributed by atoms with E-state index in [1.807, 2.05) is 0 Å². The van der Waals surface area contributed by atoms with Crippen molar-refractivity contribution < 1.29 is 10.0 Å². The van der Waals surface area contributed by atoms with Gasteiger partial charge in [-0.1, -0.05) is 0 Å². The number of rotatable bonds is 3. The van der Waals surface area contributed by atoms with Crippen LogP contribution in [0.25, 0.3) is 0 Å². The Labute approximate surface area is 54.6 Å². The van der Waals surface area contributed by atoms with Gasteiger partial charge in [0.15, 0.2) is 0 Å². The fourth-order valence-corrected chi connectivity index (χ4v) is 0.349. The molecule has 4 N–H and O–H groups in total. The van der Waals surface area contributed by atoms with Gasteiger partial charge in [-0.05, 0) is 12.6 Å². The molecule has 0 aliphatic rings. The molecule has 4 nitrogen and oxygen atoms in total. The lowest BCUT2D eigenvalue weighted by Crippen LogP contribution is -2.39. The van der Waals surface area contributed by atoms with Crippen molar-refractivity contribution in [1.29, 1.82) is 0 Å². The van der Waals surface area contributed by atoms with E-state index in [-0.39, 0.29) is 0 Å². The van der Waals surface area contributed by atoms with Crippen LogP contribution in [0.4, 0.5) is 0 Å². The zero-order chi connectivity index (χ0) is 7.28. The summed E-state index contributed by atoms with van der Waals surface area (Å²) in [6.45, 7) is 0. The van der Waals surface area contributed by atoms with E-state index in [0.717, 1.165) is 0 Å². The van der Waals surface area contributed by atoms with Crippen LogP contribution in [0.2, 0.25) is 0 Å². The Morgan fingerprint density at radius 2 is 2.33 bits per heavy atom. The standard InChI is InChI=1S/C4H11BN2O2/c1-7-3-2-4(6)5(8)9/h3-4,8-9H,2,6H2,1H3. The van der Waals surface area contributed by atoms with Gasteiger partial charge in [0.1, 0.15) is 0 Å². The monoisotopic (exact) mass is 130 g/mol. The molecule has 0 saturated carbocycles. The maximum Gasteiger partial charge on any atom is 0.469 e. The third-order valence-electron chi connectivity index (χ3n) is 0.943. The van der Waals surface area contributed by atoms with E-state index >= 15 is 0 Å². The summed E-state index contributed by atoms with van der Waals surface area (Å²) >= 11 is 0. The molecule has 0 heterocycles. The molecule has 1 atom stereocenters. The van der Waals surface area contributed by atoms with Gasteiger partial charge in [0.2, 0.25) is 0 Å². The van der Waals surface area contributed by atoms with Crippen LogP contribution in [0.3, 0.4) is 0 Å². The number of nitrogens with two attached hydrogens (primary N) is 1. The van der Waals surface area contributed by atoms with Crippen LogP contribution in [0, 0.1) is 0 Å². The molecule has 0 aromatic carbocycles. The summed E-state index contributed by atoms with van der Waals surface area (Å²) in [4.78, 5) is 3.63. The van der Waals surface area contributed by atoms with E-state index in [0.29, 0.717) is 6.42 Å². The van der Waals surface area contributed by atoms with Gasteiger partial charge in [0.05, 0.1) is 0 Å². The average molecular weight is 130 g/mol. The second-order valence-corrected chi connectivity index (χ2v) is 1.75. The van der Waals surface area contributed by atoms with E-state index in [4.69, 9.17) is 15.8 Å². The first-order valence-electron chi connectivity index (χ1n) is 2.70. The largest absolute Gasteiger partial charge is 0.469 e. The summed E-state index contributed by atoms with van der Waals surface area (Å²) in [6, 6.07) is 0. The summed E-state index contributed by atoms with van der Waals surface area (Å²) in [5, 5.41) is 16.8. The third-order valence-corrected chi connectivity index (χ3v) is 0.943. The molecular weight excluding hydrogens is 119 g/mol. The molecule has 0 rings (SSSR count). The Hall–Kier alpha value is -0.385. The van der Waals surface area contributed by atoms with Crippen molar-refractivity contribution in [3.63, 3.8) is 0 Å². The van der Waals surface area contributed by atoms with Crippen molar-refractivity contribution >= 4 is 13.3 Å². The average Bonchev–Trinajstić information content (AvgIpc) is 1.82. The summed E-state index contributed by atoms with van der Waals surface area (Å²) < 4.78 is 0. The normalized spacial score (nSPS) is 14.2. The Balaban J connectivity index is 3.38. The van der Waals surface area contributed by atoms with E-state index in [1.165, 1.54) is 0 Å². The molecule has 0 bridgehead atoms. The predicted molar refractivity (Wildman–Crippen MR) is 37.2 cm³/mol. The van der Waals surface area contributed by atoms with E-state index < -0.39 is 13.1 Å². The van der Waals surface area contributed by atoms with Gasteiger partial charge in [0.25, 0.3) is 0 Å². The predicted octanol–water partition coefficient (Wildman–Crippen LogP) is -1.58. The quantitative estimate of drug-likeness (QED) is 0.318. The molecule has 0 aliphatic carbocycles. The van der Waals surface area contributed by atoms with Crippen LogP contribution in [-0.2, 0) is 0 Å². The smallest absolute Gasteiger partial charge is 0.426 e. The highest BCUT2D eigenvalue weighted by Gasteiger charge is 2.16. The van der Waals surface area contributed by atoms with Crippen LogP contribution >= 0.6 is 0 Å². The molecule has 0 aromatic rings. The molecular formula is C4H11BN2O2. The molecule has 0 amide bonds. The second kappa shape index (κ2) is 4.49. The summed E-state index contributed by atoms with van der Waals surface area (Å²) in [5.74, 6) is -0.617. The Kier molecular flexibility index (Phi) is 4.30. The minimum atomic E-state index is -1.44. The van der Waals surface area contributed by atoms with E-state index in [9.17, 15) is 0 Å². The van der Waals surface area contributed by atoms with Crippen molar-refractivity contribution in [1.82, 2.24) is 0 Å². The third kappa shape index (κ3) is 4.14. The molecule has 0 radical (unpaired) electrons. The highest BCUT2D eigenvalue weighted by atomic mass is 16.4. The number of nitrogens with zero attached hydrogens (tertiary/aromatic N) is 1. The Morgan fingerprint density at radius 3 is 2.67 bits per heavy atom. The van der Waals surface area contributed by atoms with Crippen molar-refractivity contribution in [3.05, 3.63) is 0 Å². The maximum atomic E-state index is 8.42. The zero-order valence-electron chi connectivity index (χ0n) is 5.36. The maximum absolute atomic E-state index is 8.42. The molecule has 0 fully saturated rings. The van der Waals surface area contributed by atoms with Crippen LogP contribution in [0.15, 0.2) is 4.99 Å². The summed E-state index contributed by atoms with van der Waals surface area (Å²) in [7, 11) is 0.166. The molecule has 0 spiro atoms. The molecule has 0 aliphatic heterocycles. The number of hydrogen-bond donors (Lipinski definition) is 3. The molecule has 5 heteroatoms. The molecule has 52 valence electrons. The van der Waals surface area contributed by atoms with Crippen LogP contribution in [-0.4, -0.2) is 36.4 Å². The second-order valence-electron chi connectivity index (χ2n) is 1.75. The van der Waals surface area contributed by atoms with Gasteiger partial charge in [-0.15, -0.1) is 0 Å². The fourth-order valence-electron chi connectivity index (χ4n) is 0.349. The van der Waals surface area contributed by atoms with Gasteiger partial charge in [-0.2, -0.15) is 0 Å². The van der Waals surface area contributed by atoms with Gasteiger partial charge in [-0.3, -0.25) is 0 Å². The number of hydrogen-bond acceptors (Lipinski definition) is 4. The highest BCUT2D eigenvalue weighted by Crippen LogP contribution is 1.84. The molecule has 1 unspecified atom stereocenters. The lowest BCUT2D eigenvalue weighted by atomic mass is 9.79. The molecule has 0 aromatic heterocycles. The van der Waals surface area contributed by atoms with Crippen LogP contribution in [0.1, 0.15) is 6.42 Å². The first-order valence-corrected chi connectivity index (χ1v) is 2.70. The molecule has 0 saturated heterocycles. The van der Waals surface area contributed by atoms with Crippen molar-refractivity contribution in [2.75, 3.05) is 7.05 Å². The summed E-state index contributed by atoms with van der Waals surface area (Å²) in [5.41, 5.74) is 5.21. The van der Waals surface area contributed by atoms with Gasteiger partial charge >= 0.3 is 7.12 Å². The lowest BCUT2D eigenvalue weighted by Gasteiger charge is -2.04. The minimum Gasteiger partial charge on any atom is -0.426 e. The molecule has 9 heavy (non-hydrogen) atoms. The minimum absolute atomic E-state index is 0.397. The Bertz CT molecular complexity index is 96.6. The first-order chi connectivity index (χ1) is 4.18. The highest BCUT2D eigenvalue weighted by molar-refractivity contribution is 6.43. The van der Waals surface area contributed by atoms with Crippen LogP contribution in [0.5, 0.6) is 0 Å². The van der Waals surface area contributed by atoms with Crippen molar-refractivity contribution in [2.24, 2.45) is 10.7 Å². The Morgan fingerprint density at radius 1 is 1.78 bits per heavy atom.